The fourth-order valence-electron chi connectivity index (χ4n) is 2.88. The van der Waals surface area contributed by atoms with Gasteiger partial charge in [-0.3, -0.25) is 0 Å². The molecule has 0 saturated heterocycles. The van der Waals surface area contributed by atoms with E-state index in [0.717, 1.165) is 16.7 Å². The first-order valence-electron chi connectivity index (χ1n) is 8.40. The minimum absolute atomic E-state index is 0.574. The quantitative estimate of drug-likeness (QED) is 0.449. The molecule has 0 radical (unpaired) electrons. The summed E-state index contributed by atoms with van der Waals surface area (Å²) in [5, 5.41) is 1.12. The van der Waals surface area contributed by atoms with Gasteiger partial charge in [0.1, 0.15) is 12.4 Å². The molecule has 0 N–H and O–H groups in total. The first kappa shape index (κ1) is 15.3. The van der Waals surface area contributed by atoms with Gasteiger partial charge in [-0.25, -0.2) is 0 Å². The number of nitrogens with zero attached hydrogens (tertiary/aromatic N) is 1. The van der Waals surface area contributed by atoms with Crippen LogP contribution in [0.4, 0.5) is 0 Å². The lowest BCUT2D eigenvalue weighted by Gasteiger charge is -2.08. The Labute approximate surface area is 147 Å². The smallest absolute Gasteiger partial charge is 0.129 e. The molecule has 0 aliphatic carbocycles. The van der Waals surface area contributed by atoms with E-state index in [1.54, 1.807) is 0 Å². The van der Waals surface area contributed by atoms with Gasteiger partial charge in [-0.15, -0.1) is 0 Å². The molecule has 1 heterocycles. The summed E-state index contributed by atoms with van der Waals surface area (Å²) in [5.41, 5.74) is 3.49. The van der Waals surface area contributed by atoms with Crippen molar-refractivity contribution < 1.29 is 4.74 Å². The number of fused-ring (bicyclic) bond motifs is 1. The van der Waals surface area contributed by atoms with Gasteiger partial charge >= 0.3 is 0 Å². The summed E-state index contributed by atoms with van der Waals surface area (Å²) in [5.74, 6) is 0.910. The molecule has 25 heavy (non-hydrogen) atoms. The molecule has 2 heteroatoms. The first-order chi connectivity index (χ1) is 12.4. The van der Waals surface area contributed by atoms with Gasteiger partial charge in [-0.1, -0.05) is 66.7 Å². The maximum Gasteiger partial charge on any atom is 0.129 e. The van der Waals surface area contributed by atoms with E-state index in [4.69, 9.17) is 4.74 Å². The fourth-order valence-corrected chi connectivity index (χ4v) is 2.88. The highest BCUT2D eigenvalue weighted by molar-refractivity contribution is 5.88. The molecule has 3 aromatic carbocycles. The molecule has 0 unspecified atom stereocenters. The van der Waals surface area contributed by atoms with Crippen molar-refractivity contribution in [2.24, 2.45) is 0 Å². The molecular formula is C23H19NO. The van der Waals surface area contributed by atoms with E-state index in [0.29, 0.717) is 6.61 Å². The van der Waals surface area contributed by atoms with Crippen LogP contribution in [-0.2, 0) is 6.61 Å². The molecule has 0 amide bonds. The highest BCUT2D eigenvalue weighted by Gasteiger charge is 2.05. The van der Waals surface area contributed by atoms with Crippen LogP contribution in [0.25, 0.3) is 23.2 Å². The molecule has 0 aliphatic heterocycles. The van der Waals surface area contributed by atoms with Crippen molar-refractivity contribution in [2.75, 3.05) is 0 Å². The van der Waals surface area contributed by atoms with E-state index in [2.05, 4.69) is 59.4 Å². The predicted molar refractivity (Wildman–Crippen MR) is 104 cm³/mol. The largest absolute Gasteiger partial charge is 0.488 e. The Morgan fingerprint density at radius 1 is 0.760 bits per heavy atom. The van der Waals surface area contributed by atoms with Crippen molar-refractivity contribution in [3.63, 3.8) is 0 Å². The number of ether oxygens (including phenoxy) is 1. The number of hydrogen-bond acceptors (Lipinski definition) is 1. The molecule has 0 atom stereocenters. The minimum Gasteiger partial charge on any atom is -0.488 e. The fraction of sp³-hybridized carbons (Fsp3) is 0.0435. The summed E-state index contributed by atoms with van der Waals surface area (Å²) in [4.78, 5) is 0. The second-order valence-corrected chi connectivity index (χ2v) is 5.91. The molecule has 0 spiro atoms. The van der Waals surface area contributed by atoms with Gasteiger partial charge in [0.05, 0.1) is 5.52 Å². The van der Waals surface area contributed by atoms with Gasteiger partial charge in [0.25, 0.3) is 0 Å². The predicted octanol–water partition coefficient (Wildman–Crippen LogP) is 5.85. The first-order valence-corrected chi connectivity index (χ1v) is 8.40. The summed E-state index contributed by atoms with van der Waals surface area (Å²) < 4.78 is 8.17. The normalized spacial score (nSPS) is 11.2. The molecule has 1 aromatic heterocycles. The zero-order chi connectivity index (χ0) is 16.9. The average molecular weight is 325 g/mol. The van der Waals surface area contributed by atoms with Gasteiger partial charge in [0, 0.05) is 17.8 Å². The third-order valence-corrected chi connectivity index (χ3v) is 4.19. The van der Waals surface area contributed by atoms with E-state index >= 15 is 0 Å². The molecule has 122 valence electrons. The lowest BCUT2D eigenvalue weighted by atomic mass is 10.2. The van der Waals surface area contributed by atoms with Crippen LogP contribution in [0.3, 0.4) is 0 Å². The van der Waals surface area contributed by atoms with E-state index in [1.165, 1.54) is 11.1 Å². The summed E-state index contributed by atoms with van der Waals surface area (Å²) in [6.45, 7) is 0.574. The van der Waals surface area contributed by atoms with Crippen LogP contribution >= 0.6 is 0 Å². The molecule has 2 nitrogen and oxygen atoms in total. The Bertz CT molecular complexity index is 984. The third-order valence-electron chi connectivity index (χ3n) is 4.19. The van der Waals surface area contributed by atoms with Gasteiger partial charge < -0.3 is 9.30 Å². The van der Waals surface area contributed by atoms with Gasteiger partial charge in [-0.2, -0.15) is 0 Å². The lowest BCUT2D eigenvalue weighted by Crippen LogP contribution is -1.95. The van der Waals surface area contributed by atoms with Crippen LogP contribution in [-0.4, -0.2) is 4.57 Å². The zero-order valence-electron chi connectivity index (χ0n) is 13.9. The van der Waals surface area contributed by atoms with E-state index in [-0.39, 0.29) is 0 Å². The second-order valence-electron chi connectivity index (χ2n) is 5.91. The second kappa shape index (κ2) is 7.10. The number of hydrogen-bond donors (Lipinski definition) is 0. The SMILES string of the molecule is C(=C\n1ccc2c(OCc3ccccc3)cccc21)/c1ccccc1. The summed E-state index contributed by atoms with van der Waals surface area (Å²) >= 11 is 0. The molecule has 4 aromatic rings. The molecule has 4 rings (SSSR count). The van der Waals surface area contributed by atoms with Crippen LogP contribution in [0.5, 0.6) is 5.75 Å². The summed E-state index contributed by atoms with van der Waals surface area (Å²) in [6, 6.07) is 28.8. The van der Waals surface area contributed by atoms with Gasteiger partial charge in [0.2, 0.25) is 0 Å². The molecule has 0 fully saturated rings. The van der Waals surface area contributed by atoms with Crippen molar-refractivity contribution in [3.8, 4) is 5.75 Å². The standard InChI is InChI=1S/C23H19NO/c1-3-8-19(9-4-1)14-16-24-17-15-21-22(24)12-7-13-23(21)25-18-20-10-5-2-6-11-20/h1-17H,18H2/b16-14+. The summed E-state index contributed by atoms with van der Waals surface area (Å²) in [7, 11) is 0. The van der Waals surface area contributed by atoms with Crippen LogP contribution < -0.4 is 4.74 Å². The Morgan fingerprint density at radius 3 is 2.32 bits per heavy atom. The van der Waals surface area contributed by atoms with Crippen LogP contribution in [0, 0.1) is 0 Å². The highest BCUT2D eigenvalue weighted by atomic mass is 16.5. The van der Waals surface area contributed by atoms with E-state index in [9.17, 15) is 0 Å². The summed E-state index contributed by atoms with van der Waals surface area (Å²) in [6.07, 6.45) is 6.26. The van der Waals surface area contributed by atoms with Crippen LogP contribution in [0.1, 0.15) is 11.1 Å². The minimum atomic E-state index is 0.574. The van der Waals surface area contributed by atoms with E-state index in [1.807, 2.05) is 48.5 Å². The van der Waals surface area contributed by atoms with Crippen molar-refractivity contribution in [1.29, 1.82) is 0 Å². The molecule has 0 aliphatic rings. The number of rotatable bonds is 5. The molecule has 0 bridgehead atoms. The number of benzene rings is 3. The molecule has 0 saturated carbocycles. The van der Waals surface area contributed by atoms with Gasteiger partial charge in [-0.05, 0) is 35.4 Å². The van der Waals surface area contributed by atoms with Crippen molar-refractivity contribution >= 4 is 23.2 Å². The van der Waals surface area contributed by atoms with Crippen molar-refractivity contribution in [1.82, 2.24) is 4.57 Å². The highest BCUT2D eigenvalue weighted by Crippen LogP contribution is 2.27. The van der Waals surface area contributed by atoms with E-state index < -0.39 is 0 Å². The Hall–Kier alpha value is -3.26. The number of aromatic nitrogens is 1. The average Bonchev–Trinajstić information content (AvgIpc) is 3.10. The maximum absolute atomic E-state index is 6.04. The Morgan fingerprint density at radius 2 is 1.52 bits per heavy atom. The lowest BCUT2D eigenvalue weighted by molar-refractivity contribution is 0.310. The van der Waals surface area contributed by atoms with Crippen LogP contribution in [0.15, 0.2) is 91.1 Å². The monoisotopic (exact) mass is 325 g/mol. The van der Waals surface area contributed by atoms with Gasteiger partial charge in [0.15, 0.2) is 0 Å². The maximum atomic E-state index is 6.04. The zero-order valence-corrected chi connectivity index (χ0v) is 13.9. The Balaban J connectivity index is 1.58. The Kier molecular flexibility index (Phi) is 4.34. The van der Waals surface area contributed by atoms with Crippen molar-refractivity contribution in [3.05, 3.63) is 102 Å². The molecular weight excluding hydrogens is 306 g/mol. The third kappa shape index (κ3) is 3.48. The van der Waals surface area contributed by atoms with Crippen LogP contribution in [0.2, 0.25) is 0 Å². The topological polar surface area (TPSA) is 14.2 Å². The van der Waals surface area contributed by atoms with Crippen molar-refractivity contribution in [2.45, 2.75) is 6.61 Å².